The summed E-state index contributed by atoms with van der Waals surface area (Å²) < 4.78 is 23.6. The van der Waals surface area contributed by atoms with Crippen LogP contribution in [0.25, 0.3) is 0 Å². The summed E-state index contributed by atoms with van der Waals surface area (Å²) in [5.41, 5.74) is 0. The number of hydrogen-bond acceptors (Lipinski definition) is 5. The Kier molecular flexibility index (Phi) is 46.0. The molecule has 0 saturated carbocycles. The van der Waals surface area contributed by atoms with Gasteiger partial charge in [0.05, 0.1) is 39.9 Å². The van der Waals surface area contributed by atoms with Gasteiger partial charge in [0.1, 0.15) is 13.2 Å². The van der Waals surface area contributed by atoms with Crippen molar-refractivity contribution in [3.8, 4) is 0 Å². The Morgan fingerprint density at radius 2 is 0.892 bits per heavy atom. The highest BCUT2D eigenvalue weighted by molar-refractivity contribution is 7.47. The maximum absolute atomic E-state index is 12.9. The smallest absolute Gasteiger partial charge is 0.387 e. The molecule has 0 aliphatic carbocycles. The molecule has 380 valence electrons. The van der Waals surface area contributed by atoms with Gasteiger partial charge >= 0.3 is 7.82 Å². The van der Waals surface area contributed by atoms with Gasteiger partial charge in [0.15, 0.2) is 0 Å². The fraction of sp³-hybridized carbons (Fsp3) is 0.804. The van der Waals surface area contributed by atoms with Gasteiger partial charge in [-0.05, 0) is 70.6 Å². The van der Waals surface area contributed by atoms with Crippen molar-refractivity contribution in [1.82, 2.24) is 5.32 Å². The molecule has 0 spiro atoms. The number of quaternary nitrogens is 1. The minimum atomic E-state index is -4.35. The van der Waals surface area contributed by atoms with Crippen LogP contribution in [-0.2, 0) is 18.4 Å². The van der Waals surface area contributed by atoms with Crippen LogP contribution in [0.3, 0.4) is 0 Å². The average Bonchev–Trinajstić information content (AvgIpc) is 3.26. The standard InChI is InChI=1S/C56H105N2O6P/c1-6-8-10-12-14-16-18-20-22-23-24-25-26-27-28-29-30-31-32-33-34-35-36-38-40-42-44-46-48-50-56(60)57-54(53-64-65(61,62)63-52-51-58(3,4)5)55(59)49-47-45-43-41-39-37-21-19-17-15-13-11-9-7-2/h18,20,23-24,26-27,39,41,47,49,54-55,59H,6-17,19,21-22,25,28-38,40,42-46,48,50-53H2,1-5H3,(H-,57,60,61,62)/p+1/b20-18-,24-23-,27-26-,41-39+,49-47+. The molecule has 0 bridgehead atoms. The lowest BCUT2D eigenvalue weighted by Crippen LogP contribution is -2.45. The highest BCUT2D eigenvalue weighted by Crippen LogP contribution is 2.43. The zero-order valence-corrected chi connectivity index (χ0v) is 44.1. The monoisotopic (exact) mass is 934 g/mol. The molecule has 0 aromatic rings. The van der Waals surface area contributed by atoms with Crippen LogP contribution in [0.15, 0.2) is 60.8 Å². The summed E-state index contributed by atoms with van der Waals surface area (Å²) in [6.45, 7) is 4.78. The SMILES string of the molecule is CCCCCCC/C=C\C/C=C\C/C=C\CCCCCCCCCCCCCCCCC(=O)NC(COP(=O)(O)OCC[N+](C)(C)C)C(O)/C=C/CC/C=C/CCCCCCCCCC. The van der Waals surface area contributed by atoms with Crippen LogP contribution >= 0.6 is 7.82 Å². The zero-order chi connectivity index (χ0) is 47.8. The highest BCUT2D eigenvalue weighted by atomic mass is 31.2. The number of carbonyl (C=O) groups is 1. The van der Waals surface area contributed by atoms with Crippen LogP contribution in [-0.4, -0.2) is 73.4 Å². The minimum absolute atomic E-state index is 0.0547. The predicted molar refractivity (Wildman–Crippen MR) is 281 cm³/mol. The molecule has 1 amide bonds. The van der Waals surface area contributed by atoms with E-state index in [-0.39, 0.29) is 19.1 Å². The Morgan fingerprint density at radius 3 is 1.34 bits per heavy atom. The summed E-state index contributed by atoms with van der Waals surface area (Å²) in [6.07, 6.45) is 63.2. The van der Waals surface area contributed by atoms with Crippen molar-refractivity contribution in [2.75, 3.05) is 40.9 Å². The molecule has 3 N–H and O–H groups in total. The summed E-state index contributed by atoms with van der Waals surface area (Å²) in [5, 5.41) is 13.9. The number of nitrogens with one attached hydrogen (secondary N) is 1. The van der Waals surface area contributed by atoms with E-state index in [1.807, 2.05) is 27.2 Å². The number of likely N-dealkylation sites (N-methyl/N-ethyl adjacent to an activating group) is 1. The number of unbranched alkanes of at least 4 members (excludes halogenated alkanes) is 28. The predicted octanol–water partition coefficient (Wildman–Crippen LogP) is 16.1. The Balaban J connectivity index is 4.17. The number of aliphatic hydroxyl groups excluding tert-OH is 1. The van der Waals surface area contributed by atoms with Crippen LogP contribution in [0.1, 0.15) is 239 Å². The van der Waals surface area contributed by atoms with Gasteiger partial charge in [-0.1, -0.05) is 222 Å². The van der Waals surface area contributed by atoms with Crippen LogP contribution in [0.5, 0.6) is 0 Å². The van der Waals surface area contributed by atoms with E-state index in [4.69, 9.17) is 9.05 Å². The molecule has 0 fully saturated rings. The molecule has 0 aromatic heterocycles. The van der Waals surface area contributed by atoms with Crippen LogP contribution in [0, 0.1) is 0 Å². The Morgan fingerprint density at radius 1 is 0.523 bits per heavy atom. The largest absolute Gasteiger partial charge is 0.472 e. The quantitative estimate of drug-likeness (QED) is 0.0243. The summed E-state index contributed by atoms with van der Waals surface area (Å²) in [7, 11) is 1.55. The molecule has 9 heteroatoms. The highest BCUT2D eigenvalue weighted by Gasteiger charge is 2.27. The average molecular weight is 934 g/mol. The number of allylic oxidation sites excluding steroid dienone is 9. The first kappa shape index (κ1) is 63.2. The van der Waals surface area contributed by atoms with Crippen LogP contribution in [0.4, 0.5) is 0 Å². The lowest BCUT2D eigenvalue weighted by Gasteiger charge is -2.25. The normalized spacial score (nSPS) is 14.5. The summed E-state index contributed by atoms with van der Waals surface area (Å²) in [6, 6.07) is -0.865. The van der Waals surface area contributed by atoms with Gasteiger partial charge < -0.3 is 19.8 Å². The number of phosphoric ester groups is 1. The third-order valence-electron chi connectivity index (χ3n) is 12.0. The van der Waals surface area contributed by atoms with E-state index in [1.165, 1.54) is 167 Å². The van der Waals surface area contributed by atoms with Crippen LogP contribution < -0.4 is 5.32 Å². The van der Waals surface area contributed by atoms with Crippen molar-refractivity contribution in [2.45, 2.75) is 251 Å². The van der Waals surface area contributed by atoms with Crippen molar-refractivity contribution in [1.29, 1.82) is 0 Å². The van der Waals surface area contributed by atoms with Crippen molar-refractivity contribution in [3.05, 3.63) is 60.8 Å². The van der Waals surface area contributed by atoms with Gasteiger partial charge in [-0.15, -0.1) is 0 Å². The van der Waals surface area contributed by atoms with Gasteiger partial charge in [-0.2, -0.15) is 0 Å². The lowest BCUT2D eigenvalue weighted by atomic mass is 10.0. The number of phosphoric acid groups is 1. The summed E-state index contributed by atoms with van der Waals surface area (Å²) in [4.78, 5) is 23.2. The minimum Gasteiger partial charge on any atom is -0.387 e. The molecule has 0 rings (SSSR count). The summed E-state index contributed by atoms with van der Waals surface area (Å²) >= 11 is 0. The van der Waals surface area contributed by atoms with E-state index in [0.29, 0.717) is 17.4 Å². The first-order chi connectivity index (χ1) is 31.5. The second-order valence-electron chi connectivity index (χ2n) is 19.6. The molecule has 0 heterocycles. The zero-order valence-electron chi connectivity index (χ0n) is 43.2. The van der Waals surface area contributed by atoms with Gasteiger partial charge in [0.2, 0.25) is 5.91 Å². The second-order valence-corrected chi connectivity index (χ2v) is 21.0. The van der Waals surface area contributed by atoms with Gasteiger partial charge in [-0.25, -0.2) is 4.57 Å². The number of hydrogen-bond donors (Lipinski definition) is 3. The number of aliphatic hydroxyl groups is 1. The topological polar surface area (TPSA) is 105 Å². The first-order valence-electron chi connectivity index (χ1n) is 27.2. The fourth-order valence-electron chi connectivity index (χ4n) is 7.65. The van der Waals surface area contributed by atoms with Gasteiger partial charge in [0.25, 0.3) is 0 Å². The molecular formula is C56H106N2O6P+. The number of carbonyl (C=O) groups excluding carboxylic acids is 1. The van der Waals surface area contributed by atoms with E-state index in [2.05, 4.69) is 67.8 Å². The number of rotatable bonds is 49. The van der Waals surface area contributed by atoms with Gasteiger partial charge in [-0.3, -0.25) is 13.8 Å². The summed E-state index contributed by atoms with van der Waals surface area (Å²) in [5.74, 6) is -0.189. The van der Waals surface area contributed by atoms with E-state index in [1.54, 1.807) is 6.08 Å². The third kappa shape index (κ3) is 49.9. The molecular weight excluding hydrogens is 828 g/mol. The molecule has 8 nitrogen and oxygen atoms in total. The van der Waals surface area contributed by atoms with Crippen molar-refractivity contribution < 1.29 is 32.9 Å². The second kappa shape index (κ2) is 47.3. The van der Waals surface area contributed by atoms with Crippen molar-refractivity contribution >= 4 is 13.7 Å². The molecule has 0 saturated heterocycles. The number of amides is 1. The Labute approximate surface area is 402 Å². The van der Waals surface area contributed by atoms with E-state index < -0.39 is 20.0 Å². The van der Waals surface area contributed by atoms with Gasteiger partial charge in [0, 0.05) is 6.42 Å². The number of nitrogens with zero attached hydrogens (tertiary/aromatic N) is 1. The molecule has 0 aromatic carbocycles. The van der Waals surface area contributed by atoms with E-state index in [0.717, 1.165) is 51.4 Å². The van der Waals surface area contributed by atoms with Crippen molar-refractivity contribution in [3.63, 3.8) is 0 Å². The molecule has 65 heavy (non-hydrogen) atoms. The van der Waals surface area contributed by atoms with E-state index in [9.17, 15) is 19.4 Å². The molecule has 0 radical (unpaired) electrons. The Hall–Kier alpha value is -1.80. The van der Waals surface area contributed by atoms with Crippen LogP contribution in [0.2, 0.25) is 0 Å². The molecule has 3 unspecified atom stereocenters. The maximum atomic E-state index is 12.9. The maximum Gasteiger partial charge on any atom is 0.472 e. The molecule has 3 atom stereocenters. The molecule has 0 aliphatic rings. The third-order valence-corrected chi connectivity index (χ3v) is 12.9. The fourth-order valence-corrected chi connectivity index (χ4v) is 8.39. The first-order valence-corrected chi connectivity index (χ1v) is 28.7. The Bertz CT molecular complexity index is 1240. The van der Waals surface area contributed by atoms with E-state index >= 15 is 0 Å². The molecule has 0 aliphatic heterocycles. The van der Waals surface area contributed by atoms with Crippen molar-refractivity contribution in [2.24, 2.45) is 0 Å². The lowest BCUT2D eigenvalue weighted by molar-refractivity contribution is -0.870.